The average Bonchev–Trinajstić information content (AvgIpc) is 3.31. The Bertz CT molecular complexity index is 650. The minimum Gasteiger partial charge on any atom is -0.357 e. The molecule has 0 amide bonds. The van der Waals surface area contributed by atoms with Crippen LogP contribution in [0.4, 0.5) is 0 Å². The minimum atomic E-state index is 0. The third kappa shape index (κ3) is 5.45. The summed E-state index contributed by atoms with van der Waals surface area (Å²) in [7, 11) is 1.97. The highest BCUT2D eigenvalue weighted by molar-refractivity contribution is 14.0. The third-order valence-corrected chi connectivity index (χ3v) is 4.39. The summed E-state index contributed by atoms with van der Waals surface area (Å²) in [6, 6.07) is 1.95. The van der Waals surface area contributed by atoms with E-state index in [0.717, 1.165) is 51.5 Å². The number of aryl methyl sites for hydroxylation is 2. The number of nitrogens with one attached hydrogen (secondary N) is 1. The molecule has 1 fully saturated rings. The molecule has 1 aliphatic heterocycles. The quantitative estimate of drug-likeness (QED) is 0.312. The minimum absolute atomic E-state index is 0. The second kappa shape index (κ2) is 9.79. The normalized spacial score (nSPS) is 17.6. The zero-order valence-corrected chi connectivity index (χ0v) is 17.3. The first-order valence-corrected chi connectivity index (χ1v) is 8.75. The van der Waals surface area contributed by atoms with Gasteiger partial charge in [-0.3, -0.25) is 14.4 Å². The van der Waals surface area contributed by atoms with E-state index in [4.69, 9.17) is 4.99 Å². The monoisotopic (exact) mass is 457 g/mol. The number of aliphatic imine (C=N–C) groups is 1. The zero-order valence-electron chi connectivity index (χ0n) is 15.0. The van der Waals surface area contributed by atoms with Gasteiger partial charge in [0.05, 0.1) is 6.20 Å². The van der Waals surface area contributed by atoms with Crippen LogP contribution >= 0.6 is 24.0 Å². The van der Waals surface area contributed by atoms with Gasteiger partial charge in [0.15, 0.2) is 5.96 Å². The molecule has 3 heterocycles. The second-order valence-corrected chi connectivity index (χ2v) is 6.24. The fraction of sp³-hybridized carbons (Fsp3) is 0.588. The summed E-state index contributed by atoms with van der Waals surface area (Å²) in [5.41, 5.74) is 1.33. The van der Waals surface area contributed by atoms with Gasteiger partial charge >= 0.3 is 0 Å². The van der Waals surface area contributed by atoms with Crippen LogP contribution in [0, 0.1) is 0 Å². The Balaban J connectivity index is 0.00000225. The third-order valence-electron chi connectivity index (χ3n) is 4.39. The van der Waals surface area contributed by atoms with E-state index < -0.39 is 0 Å². The van der Waals surface area contributed by atoms with Gasteiger partial charge in [-0.1, -0.05) is 0 Å². The molecule has 1 N–H and O–H groups in total. The van der Waals surface area contributed by atoms with Gasteiger partial charge in [-0.05, 0) is 31.4 Å². The van der Waals surface area contributed by atoms with Gasteiger partial charge in [0.1, 0.15) is 0 Å². The van der Waals surface area contributed by atoms with Crippen LogP contribution in [0.5, 0.6) is 0 Å². The van der Waals surface area contributed by atoms with Crippen molar-refractivity contribution in [2.24, 2.45) is 12.0 Å². The summed E-state index contributed by atoms with van der Waals surface area (Å²) in [5.74, 6) is 1.58. The highest BCUT2D eigenvalue weighted by Crippen LogP contribution is 2.26. The highest BCUT2D eigenvalue weighted by Gasteiger charge is 2.26. The number of nitrogens with zero attached hydrogens (tertiary/aromatic N) is 6. The topological polar surface area (TPSA) is 63.3 Å². The molecule has 1 aliphatic rings. The van der Waals surface area contributed by atoms with Crippen LogP contribution in [-0.2, 0) is 13.6 Å². The van der Waals surface area contributed by atoms with Crippen molar-refractivity contribution in [2.75, 3.05) is 26.2 Å². The van der Waals surface area contributed by atoms with Crippen LogP contribution in [0.15, 0.2) is 35.8 Å². The molecule has 3 rings (SSSR count). The molecule has 1 unspecified atom stereocenters. The Hall–Kier alpha value is -1.58. The van der Waals surface area contributed by atoms with Gasteiger partial charge < -0.3 is 10.2 Å². The fourth-order valence-electron chi connectivity index (χ4n) is 3.15. The molecule has 0 bridgehead atoms. The largest absolute Gasteiger partial charge is 0.357 e. The maximum Gasteiger partial charge on any atom is 0.193 e. The lowest BCUT2D eigenvalue weighted by Crippen LogP contribution is -2.40. The van der Waals surface area contributed by atoms with Gasteiger partial charge in [-0.2, -0.15) is 10.2 Å². The first-order valence-electron chi connectivity index (χ1n) is 8.75. The molecule has 1 saturated heterocycles. The number of hydrogen-bond donors (Lipinski definition) is 1. The Morgan fingerprint density at radius 2 is 2.28 bits per heavy atom. The van der Waals surface area contributed by atoms with Crippen LogP contribution in [0.1, 0.15) is 31.2 Å². The van der Waals surface area contributed by atoms with Crippen molar-refractivity contribution in [1.82, 2.24) is 29.8 Å². The molecule has 2 aromatic heterocycles. The molecule has 0 aliphatic carbocycles. The van der Waals surface area contributed by atoms with E-state index in [0.29, 0.717) is 5.92 Å². The molecule has 0 spiro atoms. The van der Waals surface area contributed by atoms with E-state index in [9.17, 15) is 0 Å². The van der Waals surface area contributed by atoms with Gasteiger partial charge in [-0.15, -0.1) is 24.0 Å². The van der Waals surface area contributed by atoms with E-state index in [1.54, 1.807) is 0 Å². The summed E-state index contributed by atoms with van der Waals surface area (Å²) in [4.78, 5) is 7.17. The standard InChI is InChI=1S/C17H27N7.HI/c1-3-18-17(19-7-4-9-24-10-5-8-20-24)23-11-6-15(14-23)16-12-21-22(2)13-16;/h5,8,10,12-13,15H,3-4,6-7,9,11,14H2,1-2H3,(H,18,19);1H. The average molecular weight is 457 g/mol. The summed E-state index contributed by atoms with van der Waals surface area (Å²) in [6.07, 6.45) is 10.1. The van der Waals surface area contributed by atoms with Gasteiger partial charge in [0, 0.05) is 64.3 Å². The van der Waals surface area contributed by atoms with Gasteiger partial charge in [0.2, 0.25) is 0 Å². The predicted molar refractivity (Wildman–Crippen MR) is 110 cm³/mol. The van der Waals surface area contributed by atoms with Crippen LogP contribution in [0.3, 0.4) is 0 Å². The molecule has 0 radical (unpaired) electrons. The molecule has 2 aromatic rings. The molecule has 138 valence electrons. The Kier molecular flexibility index (Phi) is 7.73. The lowest BCUT2D eigenvalue weighted by molar-refractivity contribution is 0.484. The molecular formula is C17H28IN7. The lowest BCUT2D eigenvalue weighted by atomic mass is 10.0. The number of guanidine groups is 1. The SMILES string of the molecule is CCNC(=NCCCn1cccn1)N1CCC(c2cnn(C)c2)C1.I. The Morgan fingerprint density at radius 3 is 2.96 bits per heavy atom. The number of halogens is 1. The lowest BCUT2D eigenvalue weighted by Gasteiger charge is -2.21. The molecule has 8 heteroatoms. The summed E-state index contributed by atoms with van der Waals surface area (Å²) >= 11 is 0. The first-order chi connectivity index (χ1) is 11.8. The molecule has 7 nitrogen and oxygen atoms in total. The first kappa shape index (κ1) is 19.7. The summed E-state index contributed by atoms with van der Waals surface area (Å²) < 4.78 is 3.84. The molecular weight excluding hydrogens is 429 g/mol. The number of rotatable bonds is 6. The van der Waals surface area contributed by atoms with Crippen molar-refractivity contribution in [3.05, 3.63) is 36.4 Å². The fourth-order valence-corrected chi connectivity index (χ4v) is 3.15. The van der Waals surface area contributed by atoms with Crippen LogP contribution in [0.2, 0.25) is 0 Å². The van der Waals surface area contributed by atoms with E-state index in [1.165, 1.54) is 5.56 Å². The molecule has 0 saturated carbocycles. The molecule has 25 heavy (non-hydrogen) atoms. The van der Waals surface area contributed by atoms with Gasteiger partial charge in [-0.25, -0.2) is 0 Å². The van der Waals surface area contributed by atoms with E-state index in [1.807, 2.05) is 41.1 Å². The molecule has 0 aromatic carbocycles. The van der Waals surface area contributed by atoms with E-state index in [-0.39, 0.29) is 24.0 Å². The van der Waals surface area contributed by atoms with Crippen molar-refractivity contribution in [3.8, 4) is 0 Å². The van der Waals surface area contributed by atoms with Crippen molar-refractivity contribution < 1.29 is 0 Å². The van der Waals surface area contributed by atoms with Crippen molar-refractivity contribution in [3.63, 3.8) is 0 Å². The Morgan fingerprint density at radius 1 is 1.40 bits per heavy atom. The van der Waals surface area contributed by atoms with E-state index >= 15 is 0 Å². The number of likely N-dealkylation sites (tertiary alicyclic amines) is 1. The number of aromatic nitrogens is 4. The van der Waals surface area contributed by atoms with E-state index in [2.05, 4.69) is 33.5 Å². The highest BCUT2D eigenvalue weighted by atomic mass is 127. The summed E-state index contributed by atoms with van der Waals surface area (Å²) in [5, 5.41) is 12.0. The Labute approximate surface area is 166 Å². The maximum absolute atomic E-state index is 4.80. The smallest absolute Gasteiger partial charge is 0.193 e. The van der Waals surface area contributed by atoms with Crippen LogP contribution < -0.4 is 5.32 Å². The van der Waals surface area contributed by atoms with Crippen molar-refractivity contribution >= 4 is 29.9 Å². The predicted octanol–water partition coefficient (Wildman–Crippen LogP) is 2.08. The second-order valence-electron chi connectivity index (χ2n) is 6.24. The van der Waals surface area contributed by atoms with Crippen molar-refractivity contribution in [2.45, 2.75) is 32.2 Å². The maximum atomic E-state index is 4.80. The van der Waals surface area contributed by atoms with Crippen molar-refractivity contribution in [1.29, 1.82) is 0 Å². The molecule has 1 atom stereocenters. The zero-order chi connectivity index (χ0) is 16.8. The van der Waals surface area contributed by atoms with Crippen LogP contribution in [0.25, 0.3) is 0 Å². The number of hydrogen-bond acceptors (Lipinski definition) is 3. The van der Waals surface area contributed by atoms with Gasteiger partial charge in [0.25, 0.3) is 0 Å². The summed E-state index contributed by atoms with van der Waals surface area (Å²) in [6.45, 7) is 6.80. The van der Waals surface area contributed by atoms with Crippen LogP contribution in [-0.4, -0.2) is 56.6 Å².